The van der Waals surface area contributed by atoms with Crippen molar-refractivity contribution in [3.8, 4) is 5.75 Å². The van der Waals surface area contributed by atoms with Gasteiger partial charge in [-0.1, -0.05) is 67.6 Å². The van der Waals surface area contributed by atoms with Gasteiger partial charge in [-0.3, -0.25) is 0 Å². The van der Waals surface area contributed by atoms with Crippen molar-refractivity contribution in [3.63, 3.8) is 0 Å². The first-order chi connectivity index (χ1) is 10.2. The quantitative estimate of drug-likeness (QED) is 0.736. The fourth-order valence-electron chi connectivity index (χ4n) is 3.80. The number of phenols is 1. The number of hydrogen-bond acceptors (Lipinski definition) is 1. The summed E-state index contributed by atoms with van der Waals surface area (Å²) >= 11 is 0. The van der Waals surface area contributed by atoms with Crippen LogP contribution in [0.4, 0.5) is 0 Å². The average Bonchev–Trinajstić information content (AvgIpc) is 2.75. The summed E-state index contributed by atoms with van der Waals surface area (Å²) in [5.74, 6) is 0.353. The fourth-order valence-corrected chi connectivity index (χ4v) is 3.80. The third-order valence-corrected chi connectivity index (χ3v) is 4.95. The molecule has 2 aromatic carbocycles. The van der Waals surface area contributed by atoms with Crippen molar-refractivity contribution in [2.45, 2.75) is 50.9 Å². The van der Waals surface area contributed by atoms with Gasteiger partial charge in [-0.05, 0) is 43.0 Å². The van der Waals surface area contributed by atoms with Gasteiger partial charge in [-0.2, -0.15) is 0 Å². The smallest absolute Gasteiger partial charge is 0.115 e. The second kappa shape index (κ2) is 5.93. The summed E-state index contributed by atoms with van der Waals surface area (Å²) in [7, 11) is 0. The molecule has 0 heterocycles. The van der Waals surface area contributed by atoms with Crippen LogP contribution in [-0.2, 0) is 5.41 Å². The predicted molar refractivity (Wildman–Crippen MR) is 87.8 cm³/mol. The fraction of sp³-hybridized carbons (Fsp3) is 0.400. The van der Waals surface area contributed by atoms with E-state index in [1.54, 1.807) is 0 Å². The molecule has 0 spiro atoms. The van der Waals surface area contributed by atoms with Crippen molar-refractivity contribution < 1.29 is 5.11 Å². The molecule has 0 amide bonds. The number of phenolic OH excluding ortho intramolecular Hbond substituents is 1. The third kappa shape index (κ3) is 2.83. The Kier molecular flexibility index (Phi) is 4.01. The molecule has 0 unspecified atom stereocenters. The summed E-state index contributed by atoms with van der Waals surface area (Å²) in [6.07, 6.45) is 7.67. The highest BCUT2D eigenvalue weighted by molar-refractivity contribution is 5.42. The van der Waals surface area contributed by atoms with E-state index >= 15 is 0 Å². The van der Waals surface area contributed by atoms with Crippen LogP contribution in [0, 0.1) is 6.92 Å². The first-order valence-corrected chi connectivity index (χ1v) is 8.07. The van der Waals surface area contributed by atoms with Gasteiger partial charge in [0.15, 0.2) is 0 Å². The third-order valence-electron chi connectivity index (χ3n) is 4.95. The molecule has 1 aliphatic carbocycles. The standard InChI is InChI=1S/C20H24O/c1-16-7-6-8-18(15-16)20(13-4-2-3-5-14-20)17-9-11-19(21)12-10-17/h6-12,15,21H,2-5,13-14H2,1H3. The van der Waals surface area contributed by atoms with Crippen LogP contribution < -0.4 is 0 Å². The van der Waals surface area contributed by atoms with E-state index in [1.807, 2.05) is 12.1 Å². The van der Waals surface area contributed by atoms with Crippen molar-refractivity contribution in [2.75, 3.05) is 0 Å². The molecule has 0 bridgehead atoms. The summed E-state index contributed by atoms with van der Waals surface area (Å²) in [6, 6.07) is 16.9. The van der Waals surface area contributed by atoms with E-state index in [2.05, 4.69) is 43.3 Å². The lowest BCUT2D eigenvalue weighted by molar-refractivity contribution is 0.442. The predicted octanol–water partition coefficient (Wildman–Crippen LogP) is 5.34. The molecule has 21 heavy (non-hydrogen) atoms. The van der Waals surface area contributed by atoms with Crippen LogP contribution in [0.1, 0.15) is 55.2 Å². The second-order valence-electron chi connectivity index (χ2n) is 6.41. The van der Waals surface area contributed by atoms with E-state index in [0.717, 1.165) is 0 Å². The summed E-state index contributed by atoms with van der Waals surface area (Å²) in [5.41, 5.74) is 4.24. The minimum atomic E-state index is 0.121. The molecule has 0 atom stereocenters. The van der Waals surface area contributed by atoms with E-state index in [9.17, 15) is 5.11 Å². The molecule has 1 N–H and O–H groups in total. The molecule has 0 saturated heterocycles. The largest absolute Gasteiger partial charge is 0.508 e. The summed E-state index contributed by atoms with van der Waals surface area (Å²) in [5, 5.41) is 9.61. The number of aryl methyl sites for hydroxylation is 1. The van der Waals surface area contributed by atoms with Gasteiger partial charge in [0.25, 0.3) is 0 Å². The van der Waals surface area contributed by atoms with Crippen LogP contribution in [-0.4, -0.2) is 5.11 Å². The molecule has 2 aromatic rings. The van der Waals surface area contributed by atoms with Crippen molar-refractivity contribution >= 4 is 0 Å². The molecule has 0 aliphatic heterocycles. The Bertz CT molecular complexity index is 589. The molecule has 0 aromatic heterocycles. The lowest BCUT2D eigenvalue weighted by atomic mass is 9.69. The Morgan fingerprint density at radius 1 is 0.810 bits per heavy atom. The van der Waals surface area contributed by atoms with Crippen LogP contribution in [0.5, 0.6) is 5.75 Å². The normalized spacial score (nSPS) is 18.1. The molecule has 3 rings (SSSR count). The topological polar surface area (TPSA) is 20.2 Å². The maximum absolute atomic E-state index is 9.61. The first kappa shape index (κ1) is 14.2. The molecule has 110 valence electrons. The highest BCUT2D eigenvalue weighted by Crippen LogP contribution is 2.44. The highest BCUT2D eigenvalue weighted by atomic mass is 16.3. The van der Waals surface area contributed by atoms with E-state index in [1.165, 1.54) is 55.2 Å². The van der Waals surface area contributed by atoms with Crippen molar-refractivity contribution in [1.82, 2.24) is 0 Å². The van der Waals surface area contributed by atoms with Gasteiger partial charge < -0.3 is 5.11 Å². The Morgan fingerprint density at radius 3 is 2.10 bits per heavy atom. The number of aromatic hydroxyl groups is 1. The van der Waals surface area contributed by atoms with Crippen LogP contribution in [0.15, 0.2) is 48.5 Å². The number of rotatable bonds is 2. The van der Waals surface area contributed by atoms with E-state index < -0.39 is 0 Å². The van der Waals surface area contributed by atoms with Gasteiger partial charge in [-0.15, -0.1) is 0 Å². The summed E-state index contributed by atoms with van der Waals surface area (Å²) in [4.78, 5) is 0. The van der Waals surface area contributed by atoms with Gasteiger partial charge in [0.2, 0.25) is 0 Å². The van der Waals surface area contributed by atoms with E-state index in [-0.39, 0.29) is 5.41 Å². The minimum absolute atomic E-state index is 0.121. The number of benzene rings is 2. The van der Waals surface area contributed by atoms with E-state index in [4.69, 9.17) is 0 Å². The zero-order valence-electron chi connectivity index (χ0n) is 12.8. The Morgan fingerprint density at radius 2 is 1.48 bits per heavy atom. The van der Waals surface area contributed by atoms with E-state index in [0.29, 0.717) is 5.75 Å². The molecule has 0 radical (unpaired) electrons. The minimum Gasteiger partial charge on any atom is -0.508 e. The van der Waals surface area contributed by atoms with Gasteiger partial charge >= 0.3 is 0 Å². The second-order valence-corrected chi connectivity index (χ2v) is 6.41. The van der Waals surface area contributed by atoms with Crippen LogP contribution in [0.25, 0.3) is 0 Å². The van der Waals surface area contributed by atoms with Gasteiger partial charge in [0.05, 0.1) is 0 Å². The molecule has 1 nitrogen and oxygen atoms in total. The molecular weight excluding hydrogens is 256 g/mol. The first-order valence-electron chi connectivity index (χ1n) is 8.07. The zero-order chi connectivity index (χ0) is 14.7. The van der Waals surface area contributed by atoms with Gasteiger partial charge in [-0.25, -0.2) is 0 Å². The monoisotopic (exact) mass is 280 g/mol. The molecule has 1 heteroatoms. The van der Waals surface area contributed by atoms with Crippen molar-refractivity contribution in [1.29, 1.82) is 0 Å². The van der Waals surface area contributed by atoms with Gasteiger partial charge in [0.1, 0.15) is 5.75 Å². The Hall–Kier alpha value is -1.76. The highest BCUT2D eigenvalue weighted by Gasteiger charge is 2.34. The summed E-state index contributed by atoms with van der Waals surface area (Å²) < 4.78 is 0. The molecule has 1 saturated carbocycles. The lowest BCUT2D eigenvalue weighted by Crippen LogP contribution is -2.27. The molecule has 1 fully saturated rings. The average molecular weight is 280 g/mol. The van der Waals surface area contributed by atoms with Gasteiger partial charge in [0, 0.05) is 5.41 Å². The Labute approximate surface area is 127 Å². The molecule has 1 aliphatic rings. The maximum Gasteiger partial charge on any atom is 0.115 e. The number of hydrogen-bond donors (Lipinski definition) is 1. The lowest BCUT2D eigenvalue weighted by Gasteiger charge is -2.34. The van der Waals surface area contributed by atoms with Crippen molar-refractivity contribution in [3.05, 3.63) is 65.2 Å². The molecular formula is C20H24O. The zero-order valence-corrected chi connectivity index (χ0v) is 12.8. The summed E-state index contributed by atoms with van der Waals surface area (Å²) in [6.45, 7) is 2.17. The van der Waals surface area contributed by atoms with Crippen LogP contribution >= 0.6 is 0 Å². The maximum atomic E-state index is 9.61. The van der Waals surface area contributed by atoms with Crippen LogP contribution in [0.3, 0.4) is 0 Å². The van der Waals surface area contributed by atoms with Crippen LogP contribution in [0.2, 0.25) is 0 Å². The Balaban J connectivity index is 2.11. The SMILES string of the molecule is Cc1cccc(C2(c3ccc(O)cc3)CCCCCC2)c1. The van der Waals surface area contributed by atoms with Crippen molar-refractivity contribution in [2.24, 2.45) is 0 Å².